The molecule has 26 heavy (non-hydrogen) atoms. The molecule has 2 fully saturated rings. The monoisotopic (exact) mass is 349 g/mol. The van der Waals surface area contributed by atoms with Crippen molar-refractivity contribution in [1.29, 1.82) is 5.26 Å². The Labute approximate surface area is 152 Å². The number of carbonyl (C=O) groups is 1. The Balaban J connectivity index is 1.49. The molecule has 1 aromatic carbocycles. The number of pyridine rings is 1. The SMILES string of the molecule is N#Cc1cccc(C(=O)N2C[C@H](OCc3cccnc3)[C@H]3COC[C@H]32)c1. The summed E-state index contributed by atoms with van der Waals surface area (Å²) in [5.41, 5.74) is 2.02. The van der Waals surface area contributed by atoms with Crippen molar-refractivity contribution in [2.75, 3.05) is 19.8 Å². The highest BCUT2D eigenvalue weighted by Crippen LogP contribution is 2.33. The van der Waals surface area contributed by atoms with Gasteiger partial charge in [0, 0.05) is 30.4 Å². The van der Waals surface area contributed by atoms with Crippen molar-refractivity contribution < 1.29 is 14.3 Å². The number of nitrogens with zero attached hydrogens (tertiary/aromatic N) is 3. The quantitative estimate of drug-likeness (QED) is 0.844. The maximum atomic E-state index is 13.0. The molecule has 2 aliphatic rings. The zero-order valence-corrected chi connectivity index (χ0v) is 14.2. The number of benzene rings is 1. The molecule has 0 aliphatic carbocycles. The van der Waals surface area contributed by atoms with Gasteiger partial charge in [-0.1, -0.05) is 12.1 Å². The van der Waals surface area contributed by atoms with Gasteiger partial charge < -0.3 is 14.4 Å². The summed E-state index contributed by atoms with van der Waals surface area (Å²) >= 11 is 0. The van der Waals surface area contributed by atoms with E-state index in [0.717, 1.165) is 5.56 Å². The van der Waals surface area contributed by atoms with E-state index in [9.17, 15) is 4.79 Å². The molecule has 6 heteroatoms. The average molecular weight is 349 g/mol. The number of rotatable bonds is 4. The molecule has 0 N–H and O–H groups in total. The van der Waals surface area contributed by atoms with Gasteiger partial charge >= 0.3 is 0 Å². The van der Waals surface area contributed by atoms with E-state index in [1.54, 1.807) is 36.7 Å². The van der Waals surface area contributed by atoms with E-state index in [1.807, 2.05) is 17.0 Å². The molecule has 2 aliphatic heterocycles. The zero-order chi connectivity index (χ0) is 17.9. The smallest absolute Gasteiger partial charge is 0.254 e. The lowest BCUT2D eigenvalue weighted by atomic mass is 10.0. The van der Waals surface area contributed by atoms with Crippen LogP contribution in [-0.4, -0.2) is 47.7 Å². The van der Waals surface area contributed by atoms with Crippen molar-refractivity contribution in [3.8, 4) is 6.07 Å². The molecule has 3 heterocycles. The van der Waals surface area contributed by atoms with Crippen LogP contribution in [0.1, 0.15) is 21.5 Å². The van der Waals surface area contributed by atoms with Gasteiger partial charge in [0.1, 0.15) is 0 Å². The lowest BCUT2D eigenvalue weighted by molar-refractivity contribution is 0.00925. The second-order valence-electron chi connectivity index (χ2n) is 6.63. The van der Waals surface area contributed by atoms with E-state index in [-0.39, 0.29) is 24.0 Å². The molecule has 2 aromatic rings. The van der Waals surface area contributed by atoms with Gasteiger partial charge in [0.25, 0.3) is 5.91 Å². The summed E-state index contributed by atoms with van der Waals surface area (Å²) in [5, 5.41) is 9.06. The molecule has 1 aromatic heterocycles. The number of fused-ring (bicyclic) bond motifs is 1. The predicted molar refractivity (Wildman–Crippen MR) is 93.1 cm³/mol. The molecule has 2 saturated heterocycles. The molecular weight excluding hydrogens is 330 g/mol. The van der Waals surface area contributed by atoms with Crippen LogP contribution in [0.3, 0.4) is 0 Å². The van der Waals surface area contributed by atoms with Crippen LogP contribution in [0.4, 0.5) is 0 Å². The van der Waals surface area contributed by atoms with Crippen molar-refractivity contribution in [3.05, 3.63) is 65.5 Å². The normalized spacial score (nSPS) is 24.3. The largest absolute Gasteiger partial charge is 0.379 e. The van der Waals surface area contributed by atoms with Crippen LogP contribution in [0.2, 0.25) is 0 Å². The average Bonchev–Trinajstić information content (AvgIpc) is 3.30. The summed E-state index contributed by atoms with van der Waals surface area (Å²) in [7, 11) is 0. The van der Waals surface area contributed by atoms with Gasteiger partial charge in [-0.05, 0) is 29.8 Å². The standard InChI is InChI=1S/C20H19N3O3/c21-8-14-3-1-5-16(7-14)20(24)23-10-19(17-12-25-13-18(17)23)26-11-15-4-2-6-22-9-15/h1-7,9,17-19H,10-13H2/t17-,18+,19-/m0/s1. The minimum atomic E-state index is -0.0740. The van der Waals surface area contributed by atoms with E-state index >= 15 is 0 Å². The number of amides is 1. The Bertz CT molecular complexity index is 834. The van der Waals surface area contributed by atoms with Crippen molar-refractivity contribution in [1.82, 2.24) is 9.88 Å². The second kappa shape index (κ2) is 7.24. The molecule has 3 atom stereocenters. The Morgan fingerprint density at radius 3 is 3.08 bits per heavy atom. The summed E-state index contributed by atoms with van der Waals surface area (Å²) in [6, 6.07) is 12.8. The third-order valence-corrected chi connectivity index (χ3v) is 5.03. The topological polar surface area (TPSA) is 75.5 Å². The summed E-state index contributed by atoms with van der Waals surface area (Å²) in [6.45, 7) is 2.13. The van der Waals surface area contributed by atoms with Crippen molar-refractivity contribution >= 4 is 5.91 Å². The number of hydrogen-bond donors (Lipinski definition) is 0. The van der Waals surface area contributed by atoms with Gasteiger partial charge in [-0.15, -0.1) is 0 Å². The second-order valence-corrected chi connectivity index (χ2v) is 6.63. The number of hydrogen-bond acceptors (Lipinski definition) is 5. The highest BCUT2D eigenvalue weighted by molar-refractivity contribution is 5.95. The fourth-order valence-corrected chi connectivity index (χ4v) is 3.68. The maximum Gasteiger partial charge on any atom is 0.254 e. The Morgan fingerprint density at radius 2 is 2.27 bits per heavy atom. The first-order valence-corrected chi connectivity index (χ1v) is 8.65. The first kappa shape index (κ1) is 16.7. The Kier molecular flexibility index (Phi) is 4.65. The highest BCUT2D eigenvalue weighted by atomic mass is 16.5. The van der Waals surface area contributed by atoms with Gasteiger partial charge in [0.05, 0.1) is 43.6 Å². The fourth-order valence-electron chi connectivity index (χ4n) is 3.68. The number of ether oxygens (including phenoxy) is 2. The Morgan fingerprint density at radius 1 is 1.35 bits per heavy atom. The van der Waals surface area contributed by atoms with Crippen LogP contribution in [-0.2, 0) is 16.1 Å². The van der Waals surface area contributed by atoms with Gasteiger partial charge in [-0.25, -0.2) is 0 Å². The van der Waals surface area contributed by atoms with Crippen LogP contribution in [0, 0.1) is 17.2 Å². The van der Waals surface area contributed by atoms with Crippen LogP contribution in [0.5, 0.6) is 0 Å². The first-order valence-electron chi connectivity index (χ1n) is 8.65. The molecule has 0 spiro atoms. The van der Waals surface area contributed by atoms with E-state index in [1.165, 1.54) is 0 Å². The van der Waals surface area contributed by atoms with Crippen LogP contribution in [0.15, 0.2) is 48.8 Å². The summed E-state index contributed by atoms with van der Waals surface area (Å²) < 4.78 is 11.7. The Hall–Kier alpha value is -2.75. The van der Waals surface area contributed by atoms with E-state index in [0.29, 0.717) is 37.5 Å². The summed E-state index contributed by atoms with van der Waals surface area (Å²) in [5.74, 6) is 0.102. The van der Waals surface area contributed by atoms with Gasteiger partial charge in [-0.2, -0.15) is 5.26 Å². The first-order chi connectivity index (χ1) is 12.8. The minimum Gasteiger partial charge on any atom is -0.379 e. The number of likely N-dealkylation sites (tertiary alicyclic amines) is 1. The van der Waals surface area contributed by atoms with Gasteiger partial charge in [-0.3, -0.25) is 9.78 Å². The molecule has 4 rings (SSSR count). The molecule has 0 bridgehead atoms. The highest BCUT2D eigenvalue weighted by Gasteiger charge is 2.48. The molecule has 0 saturated carbocycles. The molecule has 0 radical (unpaired) electrons. The summed E-state index contributed by atoms with van der Waals surface area (Å²) in [6.07, 6.45) is 3.45. The molecular formula is C20H19N3O3. The number of aromatic nitrogens is 1. The molecule has 1 amide bonds. The van der Waals surface area contributed by atoms with E-state index < -0.39 is 0 Å². The summed E-state index contributed by atoms with van der Waals surface area (Å²) in [4.78, 5) is 18.9. The van der Waals surface area contributed by atoms with Crippen LogP contribution in [0.25, 0.3) is 0 Å². The van der Waals surface area contributed by atoms with Gasteiger partial charge in [0.15, 0.2) is 0 Å². The number of carbonyl (C=O) groups excluding carboxylic acids is 1. The zero-order valence-electron chi connectivity index (χ0n) is 14.2. The van der Waals surface area contributed by atoms with Crippen molar-refractivity contribution in [3.63, 3.8) is 0 Å². The predicted octanol–water partition coefficient (Wildman–Crippen LogP) is 2.01. The van der Waals surface area contributed by atoms with Crippen LogP contribution >= 0.6 is 0 Å². The lowest BCUT2D eigenvalue weighted by Gasteiger charge is -2.22. The number of nitriles is 1. The minimum absolute atomic E-state index is 0.0205. The van der Waals surface area contributed by atoms with Crippen molar-refractivity contribution in [2.24, 2.45) is 5.92 Å². The van der Waals surface area contributed by atoms with Crippen molar-refractivity contribution in [2.45, 2.75) is 18.8 Å². The van der Waals surface area contributed by atoms with Gasteiger partial charge in [0.2, 0.25) is 0 Å². The van der Waals surface area contributed by atoms with E-state index in [2.05, 4.69) is 11.1 Å². The lowest BCUT2D eigenvalue weighted by Crippen LogP contribution is -2.38. The third-order valence-electron chi connectivity index (χ3n) is 5.03. The van der Waals surface area contributed by atoms with Crippen LogP contribution < -0.4 is 0 Å². The molecule has 132 valence electrons. The maximum absolute atomic E-state index is 13.0. The van der Waals surface area contributed by atoms with E-state index in [4.69, 9.17) is 14.7 Å². The molecule has 6 nitrogen and oxygen atoms in total. The molecule has 0 unspecified atom stereocenters. The third kappa shape index (κ3) is 3.19. The fraction of sp³-hybridized carbons (Fsp3) is 0.350.